The SMILES string of the molecule is CC(C)CC(CC(=O)O)NC(=O)c1ccc2c(c1)nc(Cc1cccs1)n2C1CCCCC1C(F)(F)F. The molecule has 1 amide bonds. The standard InChI is InChI=1S/C27H32F3N3O3S/c1-16(2)12-18(14-25(34)35)31-26(36)17-9-10-23-21(13-17)32-24(15-19-6-5-11-37-19)33(23)22-8-4-3-7-20(22)27(28,29)30/h5-6,9-11,13,16,18,20,22H,3-4,7-8,12,14-15H2,1-2H3,(H,31,36)(H,34,35). The van der Waals surface area contributed by atoms with Crippen molar-refractivity contribution in [3.05, 3.63) is 52.0 Å². The maximum absolute atomic E-state index is 14.0. The van der Waals surface area contributed by atoms with Crippen molar-refractivity contribution < 1.29 is 27.9 Å². The molecule has 200 valence electrons. The summed E-state index contributed by atoms with van der Waals surface area (Å²) in [6, 6.07) is 7.42. The number of imidazole rings is 1. The third-order valence-corrected chi connectivity index (χ3v) is 7.81. The number of aromatic nitrogens is 2. The molecule has 1 fully saturated rings. The number of hydrogen-bond acceptors (Lipinski definition) is 4. The van der Waals surface area contributed by atoms with Crippen LogP contribution in [0.3, 0.4) is 0 Å². The smallest absolute Gasteiger partial charge is 0.393 e. The molecule has 0 spiro atoms. The Bertz CT molecular complexity index is 1240. The quantitative estimate of drug-likeness (QED) is 0.323. The molecule has 0 saturated heterocycles. The highest BCUT2D eigenvalue weighted by Gasteiger charge is 2.47. The van der Waals surface area contributed by atoms with Gasteiger partial charge in [0.2, 0.25) is 0 Å². The van der Waals surface area contributed by atoms with Gasteiger partial charge in [-0.25, -0.2) is 4.98 Å². The Labute approximate surface area is 217 Å². The van der Waals surface area contributed by atoms with Crippen molar-refractivity contribution in [1.82, 2.24) is 14.9 Å². The Balaban J connectivity index is 1.71. The van der Waals surface area contributed by atoms with Gasteiger partial charge in [0.05, 0.1) is 23.4 Å². The molecule has 10 heteroatoms. The lowest BCUT2D eigenvalue weighted by Gasteiger charge is -2.35. The Morgan fingerprint density at radius 2 is 1.97 bits per heavy atom. The number of alkyl halides is 3. The van der Waals surface area contributed by atoms with Gasteiger partial charge in [-0.3, -0.25) is 9.59 Å². The zero-order valence-electron chi connectivity index (χ0n) is 20.9. The third-order valence-electron chi connectivity index (χ3n) is 6.93. The second-order valence-corrected chi connectivity index (χ2v) is 11.3. The highest BCUT2D eigenvalue weighted by molar-refractivity contribution is 7.09. The van der Waals surface area contributed by atoms with Crippen LogP contribution >= 0.6 is 11.3 Å². The van der Waals surface area contributed by atoms with Crippen molar-refractivity contribution in [2.45, 2.75) is 77.1 Å². The number of rotatable bonds is 9. The predicted molar refractivity (Wildman–Crippen MR) is 137 cm³/mol. The summed E-state index contributed by atoms with van der Waals surface area (Å²) in [5.74, 6) is -2.12. The monoisotopic (exact) mass is 535 g/mol. The lowest BCUT2D eigenvalue weighted by molar-refractivity contribution is -0.193. The second-order valence-electron chi connectivity index (χ2n) is 10.3. The minimum atomic E-state index is -4.31. The lowest BCUT2D eigenvalue weighted by Crippen LogP contribution is -2.37. The van der Waals surface area contributed by atoms with E-state index in [1.807, 2.05) is 31.4 Å². The number of fused-ring (bicyclic) bond motifs is 1. The average molecular weight is 536 g/mol. The molecule has 3 aromatic rings. The summed E-state index contributed by atoms with van der Waals surface area (Å²) in [4.78, 5) is 30.0. The van der Waals surface area contributed by atoms with Crippen molar-refractivity contribution >= 4 is 34.2 Å². The number of carbonyl (C=O) groups is 2. The van der Waals surface area contributed by atoms with Gasteiger partial charge in [0.15, 0.2) is 0 Å². The van der Waals surface area contributed by atoms with Crippen LogP contribution in [0.25, 0.3) is 11.0 Å². The molecular weight excluding hydrogens is 503 g/mol. The van der Waals surface area contributed by atoms with Crippen molar-refractivity contribution in [2.24, 2.45) is 11.8 Å². The predicted octanol–water partition coefficient (Wildman–Crippen LogP) is 6.60. The molecule has 3 atom stereocenters. The Hall–Kier alpha value is -2.88. The molecule has 4 rings (SSSR count). The molecule has 2 heterocycles. The number of nitrogens with zero attached hydrogens (tertiary/aromatic N) is 2. The lowest BCUT2D eigenvalue weighted by atomic mass is 9.83. The summed E-state index contributed by atoms with van der Waals surface area (Å²) < 4.78 is 43.9. The van der Waals surface area contributed by atoms with Crippen LogP contribution in [0.4, 0.5) is 13.2 Å². The number of amides is 1. The molecule has 6 nitrogen and oxygen atoms in total. The van der Waals surface area contributed by atoms with Crippen LogP contribution in [0.5, 0.6) is 0 Å². The number of carboxylic acid groups (broad SMARTS) is 1. The van der Waals surface area contributed by atoms with Crippen LogP contribution in [0.15, 0.2) is 35.7 Å². The van der Waals surface area contributed by atoms with E-state index >= 15 is 0 Å². The Kier molecular flexibility index (Phi) is 8.26. The van der Waals surface area contributed by atoms with E-state index in [9.17, 15) is 27.9 Å². The van der Waals surface area contributed by atoms with Gasteiger partial charge in [-0.1, -0.05) is 32.8 Å². The van der Waals surface area contributed by atoms with Crippen LogP contribution < -0.4 is 5.32 Å². The third kappa shape index (κ3) is 6.52. The van der Waals surface area contributed by atoms with E-state index < -0.39 is 36.1 Å². The first-order chi connectivity index (χ1) is 17.5. The molecule has 1 aliphatic rings. The molecule has 2 N–H and O–H groups in total. The van der Waals surface area contributed by atoms with Crippen LogP contribution in [-0.4, -0.2) is 38.8 Å². The molecule has 37 heavy (non-hydrogen) atoms. The summed E-state index contributed by atoms with van der Waals surface area (Å²) >= 11 is 1.53. The van der Waals surface area contributed by atoms with E-state index in [1.54, 1.807) is 22.8 Å². The maximum Gasteiger partial charge on any atom is 0.393 e. The first-order valence-corrected chi connectivity index (χ1v) is 13.5. The van der Waals surface area contributed by atoms with E-state index in [2.05, 4.69) is 5.32 Å². The van der Waals surface area contributed by atoms with Crippen LogP contribution in [0.2, 0.25) is 0 Å². The molecule has 3 unspecified atom stereocenters. The van der Waals surface area contributed by atoms with Crippen molar-refractivity contribution in [3.63, 3.8) is 0 Å². The maximum atomic E-state index is 14.0. The van der Waals surface area contributed by atoms with E-state index in [1.165, 1.54) is 11.3 Å². The zero-order chi connectivity index (χ0) is 26.7. The molecular formula is C27H32F3N3O3S. The molecule has 1 saturated carbocycles. The summed E-state index contributed by atoms with van der Waals surface area (Å²) in [6.45, 7) is 3.91. The highest BCUT2D eigenvalue weighted by Crippen LogP contribution is 2.45. The number of aliphatic carboxylic acids is 1. The Morgan fingerprint density at radius 3 is 2.62 bits per heavy atom. The van der Waals surface area contributed by atoms with Gasteiger partial charge in [0.1, 0.15) is 5.82 Å². The average Bonchev–Trinajstić information content (AvgIpc) is 3.44. The van der Waals surface area contributed by atoms with Gasteiger partial charge < -0.3 is 15.0 Å². The summed E-state index contributed by atoms with van der Waals surface area (Å²) in [5.41, 5.74) is 1.34. The fraction of sp³-hybridized carbons (Fsp3) is 0.519. The van der Waals surface area contributed by atoms with Gasteiger partial charge in [-0.15, -0.1) is 11.3 Å². The molecule has 1 aliphatic carbocycles. The molecule has 0 aliphatic heterocycles. The minimum Gasteiger partial charge on any atom is -0.481 e. The van der Waals surface area contributed by atoms with E-state index in [-0.39, 0.29) is 18.8 Å². The fourth-order valence-corrected chi connectivity index (χ4v) is 6.10. The molecule has 1 aromatic carbocycles. The van der Waals surface area contributed by atoms with Crippen LogP contribution in [0, 0.1) is 11.8 Å². The summed E-state index contributed by atoms with van der Waals surface area (Å²) in [7, 11) is 0. The van der Waals surface area contributed by atoms with Gasteiger partial charge in [-0.05, 0) is 54.8 Å². The van der Waals surface area contributed by atoms with Crippen molar-refractivity contribution in [1.29, 1.82) is 0 Å². The first-order valence-electron chi connectivity index (χ1n) is 12.7. The van der Waals surface area contributed by atoms with E-state index in [0.29, 0.717) is 48.1 Å². The van der Waals surface area contributed by atoms with Crippen molar-refractivity contribution in [3.8, 4) is 0 Å². The van der Waals surface area contributed by atoms with E-state index in [4.69, 9.17) is 4.98 Å². The molecule has 2 aromatic heterocycles. The summed E-state index contributed by atoms with van der Waals surface area (Å²) in [5, 5.41) is 14.0. The number of hydrogen-bond donors (Lipinski definition) is 2. The van der Waals surface area contributed by atoms with Gasteiger partial charge in [0, 0.05) is 28.9 Å². The normalized spacial score (nSPS) is 19.3. The van der Waals surface area contributed by atoms with E-state index in [0.717, 1.165) is 11.3 Å². The number of carbonyl (C=O) groups excluding carboxylic acids is 1. The number of thiophene rings is 1. The molecule has 0 bridgehead atoms. The topological polar surface area (TPSA) is 84.2 Å². The summed E-state index contributed by atoms with van der Waals surface area (Å²) in [6.07, 6.45) is -1.80. The number of benzene rings is 1. The van der Waals surface area contributed by atoms with Gasteiger partial charge in [-0.2, -0.15) is 13.2 Å². The molecule has 0 radical (unpaired) electrons. The Morgan fingerprint density at radius 1 is 1.22 bits per heavy atom. The number of halogens is 3. The largest absolute Gasteiger partial charge is 0.481 e. The van der Waals surface area contributed by atoms with Gasteiger partial charge >= 0.3 is 12.1 Å². The second kappa shape index (κ2) is 11.2. The number of carboxylic acids is 1. The highest BCUT2D eigenvalue weighted by atomic mass is 32.1. The fourth-order valence-electron chi connectivity index (χ4n) is 5.40. The van der Waals surface area contributed by atoms with Crippen LogP contribution in [-0.2, 0) is 11.2 Å². The zero-order valence-corrected chi connectivity index (χ0v) is 21.7. The first kappa shape index (κ1) is 27.2. The minimum absolute atomic E-state index is 0.0909. The van der Waals surface area contributed by atoms with Crippen molar-refractivity contribution in [2.75, 3.05) is 0 Å². The van der Waals surface area contributed by atoms with Gasteiger partial charge in [0.25, 0.3) is 5.91 Å². The van der Waals surface area contributed by atoms with Crippen LogP contribution in [0.1, 0.15) is 79.5 Å². The number of nitrogens with one attached hydrogen (secondary N) is 1.